The van der Waals surface area contributed by atoms with Gasteiger partial charge in [-0.05, 0) is 30.7 Å². The van der Waals surface area contributed by atoms with E-state index >= 15 is 0 Å². The van der Waals surface area contributed by atoms with Crippen LogP contribution in [-0.4, -0.2) is 33.2 Å². The normalized spacial score (nSPS) is 12.2. The first-order valence-electron chi connectivity index (χ1n) is 8.38. The summed E-state index contributed by atoms with van der Waals surface area (Å²) in [5.74, 6) is 1.27. The molecule has 0 aliphatic rings. The van der Waals surface area contributed by atoms with Gasteiger partial charge in [-0.3, -0.25) is 4.40 Å². The van der Waals surface area contributed by atoms with E-state index in [-0.39, 0.29) is 6.54 Å². The quantitative estimate of drug-likeness (QED) is 0.531. The molecule has 1 N–H and O–H groups in total. The van der Waals surface area contributed by atoms with Crippen LogP contribution in [0.4, 0.5) is 0 Å². The molecule has 0 radical (unpaired) electrons. The number of nitrogens with one attached hydrogen (secondary N) is 1. The zero-order valence-corrected chi connectivity index (χ0v) is 15.7. The van der Waals surface area contributed by atoms with E-state index < -0.39 is 10.0 Å². The summed E-state index contributed by atoms with van der Waals surface area (Å²) in [5, 5.41) is 13.1. The lowest BCUT2D eigenvalue weighted by molar-refractivity contribution is 0.426. The molecular formula is C18H16N6O3S. The predicted octanol–water partition coefficient (Wildman–Crippen LogP) is 2.18. The molecule has 0 amide bonds. The first kappa shape index (κ1) is 18.0. The van der Waals surface area contributed by atoms with E-state index in [4.69, 9.17) is 4.52 Å². The van der Waals surface area contributed by atoms with Crippen molar-refractivity contribution in [2.75, 3.05) is 0 Å². The summed E-state index contributed by atoms with van der Waals surface area (Å²) in [6, 6.07) is 12.7. The van der Waals surface area contributed by atoms with E-state index in [0.29, 0.717) is 28.8 Å². The Morgan fingerprint density at radius 1 is 1.14 bits per heavy atom. The van der Waals surface area contributed by atoms with Crippen LogP contribution in [0.1, 0.15) is 17.2 Å². The first-order chi connectivity index (χ1) is 13.5. The monoisotopic (exact) mass is 396 g/mol. The summed E-state index contributed by atoms with van der Waals surface area (Å²) in [7, 11) is -3.64. The Morgan fingerprint density at radius 2 is 1.96 bits per heavy atom. The molecule has 9 nitrogen and oxygen atoms in total. The summed E-state index contributed by atoms with van der Waals surface area (Å²) < 4.78 is 33.8. The summed E-state index contributed by atoms with van der Waals surface area (Å²) in [5.41, 5.74) is 1.91. The van der Waals surface area contributed by atoms with Crippen LogP contribution in [0, 0.1) is 6.92 Å². The highest BCUT2D eigenvalue weighted by atomic mass is 32.2. The van der Waals surface area contributed by atoms with Crippen molar-refractivity contribution >= 4 is 21.7 Å². The largest absolute Gasteiger partial charge is 0.334 e. The van der Waals surface area contributed by atoms with Gasteiger partial charge in [0.25, 0.3) is 5.89 Å². The van der Waals surface area contributed by atoms with Gasteiger partial charge in [-0.15, -0.1) is 10.2 Å². The van der Waals surface area contributed by atoms with Gasteiger partial charge in [0.1, 0.15) is 0 Å². The van der Waals surface area contributed by atoms with Crippen molar-refractivity contribution in [2.24, 2.45) is 0 Å². The fourth-order valence-corrected chi connectivity index (χ4v) is 3.37. The van der Waals surface area contributed by atoms with Gasteiger partial charge in [0.05, 0.1) is 12.1 Å². The second kappa shape index (κ2) is 7.33. The van der Waals surface area contributed by atoms with E-state index in [9.17, 15) is 8.42 Å². The van der Waals surface area contributed by atoms with E-state index in [1.807, 2.05) is 30.3 Å². The molecule has 0 saturated carbocycles. The number of nitrogens with zero attached hydrogens (tertiary/aromatic N) is 5. The van der Waals surface area contributed by atoms with Crippen LogP contribution in [-0.2, 0) is 16.6 Å². The lowest BCUT2D eigenvalue weighted by atomic mass is 10.2. The number of benzene rings is 1. The number of hydrogen-bond donors (Lipinski definition) is 1. The molecule has 0 unspecified atom stereocenters. The molecule has 10 heteroatoms. The van der Waals surface area contributed by atoms with Gasteiger partial charge in [0.2, 0.25) is 10.0 Å². The summed E-state index contributed by atoms with van der Waals surface area (Å²) in [4.78, 5) is 4.20. The van der Waals surface area contributed by atoms with E-state index in [0.717, 1.165) is 11.0 Å². The van der Waals surface area contributed by atoms with Crippen LogP contribution >= 0.6 is 0 Å². The van der Waals surface area contributed by atoms with Gasteiger partial charge in [-0.1, -0.05) is 35.5 Å². The molecule has 1 aromatic carbocycles. The van der Waals surface area contributed by atoms with Crippen LogP contribution in [0.5, 0.6) is 0 Å². The molecule has 0 fully saturated rings. The molecular weight excluding hydrogens is 380 g/mol. The van der Waals surface area contributed by atoms with E-state index in [2.05, 4.69) is 25.1 Å². The Hall–Kier alpha value is -3.37. The molecule has 3 aromatic heterocycles. The highest BCUT2D eigenvalue weighted by Crippen LogP contribution is 2.22. The van der Waals surface area contributed by atoms with Gasteiger partial charge >= 0.3 is 0 Å². The number of aromatic nitrogens is 5. The summed E-state index contributed by atoms with van der Waals surface area (Å²) in [6.45, 7) is 1.70. The number of aryl methyl sites for hydroxylation is 1. The van der Waals surface area contributed by atoms with E-state index in [1.54, 1.807) is 29.7 Å². The minimum absolute atomic E-state index is 0.0189. The smallest absolute Gasteiger partial charge is 0.261 e. The Morgan fingerprint density at radius 3 is 2.71 bits per heavy atom. The molecule has 3 heterocycles. The molecule has 142 valence electrons. The molecule has 0 atom stereocenters. The Bertz CT molecular complexity index is 1240. The predicted molar refractivity (Wildman–Crippen MR) is 102 cm³/mol. The maximum Gasteiger partial charge on any atom is 0.261 e. The second-order valence-corrected chi connectivity index (χ2v) is 7.61. The maximum absolute atomic E-state index is 12.2. The zero-order valence-electron chi connectivity index (χ0n) is 14.8. The third-order valence-corrected chi connectivity index (χ3v) is 4.98. The summed E-state index contributed by atoms with van der Waals surface area (Å²) in [6.07, 6.45) is 3.27. The van der Waals surface area contributed by atoms with Crippen molar-refractivity contribution in [3.05, 3.63) is 71.3 Å². The Balaban J connectivity index is 1.55. The molecule has 28 heavy (non-hydrogen) atoms. The second-order valence-electron chi connectivity index (χ2n) is 5.96. The van der Waals surface area contributed by atoms with Crippen LogP contribution in [0.3, 0.4) is 0 Å². The minimum Gasteiger partial charge on any atom is -0.334 e. The standard InChI is InChI=1S/C18H16N6O3S/c1-13-20-18(27-23-13)15-8-5-10-24-16(21-22-17(15)24)12-19-28(25,26)11-9-14-6-3-2-4-7-14/h2-11,19H,12H2,1H3. The van der Waals surface area contributed by atoms with Crippen molar-refractivity contribution in [3.63, 3.8) is 0 Å². The first-order valence-corrected chi connectivity index (χ1v) is 9.92. The number of hydrogen-bond acceptors (Lipinski definition) is 7. The lowest BCUT2D eigenvalue weighted by Gasteiger charge is -2.03. The van der Waals surface area contributed by atoms with Gasteiger partial charge in [-0.25, -0.2) is 13.1 Å². The van der Waals surface area contributed by atoms with Gasteiger partial charge in [-0.2, -0.15) is 4.98 Å². The van der Waals surface area contributed by atoms with Gasteiger partial charge < -0.3 is 4.52 Å². The molecule has 0 aliphatic carbocycles. The molecule has 4 aromatic rings. The van der Waals surface area contributed by atoms with Crippen molar-refractivity contribution in [1.29, 1.82) is 0 Å². The molecule has 0 aliphatic heterocycles. The molecule has 0 saturated heterocycles. The average Bonchev–Trinajstić information content (AvgIpc) is 3.32. The molecule has 4 rings (SSSR count). The van der Waals surface area contributed by atoms with E-state index in [1.165, 1.54) is 6.08 Å². The van der Waals surface area contributed by atoms with Crippen LogP contribution < -0.4 is 4.72 Å². The molecule has 0 spiro atoms. The number of fused-ring (bicyclic) bond motifs is 1. The number of pyridine rings is 1. The van der Waals surface area contributed by atoms with Crippen LogP contribution in [0.15, 0.2) is 58.6 Å². The third kappa shape index (κ3) is 3.82. The van der Waals surface area contributed by atoms with Crippen molar-refractivity contribution in [1.82, 2.24) is 29.5 Å². The minimum atomic E-state index is -3.64. The topological polar surface area (TPSA) is 115 Å². The fraction of sp³-hybridized carbons (Fsp3) is 0.111. The van der Waals surface area contributed by atoms with Crippen LogP contribution in [0.25, 0.3) is 23.2 Å². The van der Waals surface area contributed by atoms with Gasteiger partial charge in [0.15, 0.2) is 17.3 Å². The Labute approximate surface area is 160 Å². The SMILES string of the molecule is Cc1noc(-c2cccn3c(CNS(=O)(=O)C=Cc4ccccc4)nnc23)n1. The number of sulfonamides is 1. The van der Waals surface area contributed by atoms with Crippen molar-refractivity contribution < 1.29 is 12.9 Å². The zero-order chi connectivity index (χ0) is 19.6. The fourth-order valence-electron chi connectivity index (χ4n) is 2.60. The highest BCUT2D eigenvalue weighted by Gasteiger charge is 2.16. The highest BCUT2D eigenvalue weighted by molar-refractivity contribution is 7.92. The third-order valence-electron chi connectivity index (χ3n) is 3.93. The lowest BCUT2D eigenvalue weighted by Crippen LogP contribution is -2.22. The molecule has 0 bridgehead atoms. The maximum atomic E-state index is 12.2. The van der Waals surface area contributed by atoms with Crippen LogP contribution in [0.2, 0.25) is 0 Å². The summed E-state index contributed by atoms with van der Waals surface area (Å²) >= 11 is 0. The number of rotatable bonds is 6. The average molecular weight is 396 g/mol. The Kier molecular flexibility index (Phi) is 4.72. The van der Waals surface area contributed by atoms with Crippen molar-refractivity contribution in [2.45, 2.75) is 13.5 Å². The van der Waals surface area contributed by atoms with Gasteiger partial charge in [0, 0.05) is 11.6 Å². The van der Waals surface area contributed by atoms with Crippen molar-refractivity contribution in [3.8, 4) is 11.5 Å².